The first kappa shape index (κ1) is 12.7. The molecule has 0 atom stereocenters. The first-order valence-corrected chi connectivity index (χ1v) is 6.31. The van der Waals surface area contributed by atoms with E-state index in [-0.39, 0.29) is 37.0 Å². The second-order valence-electron chi connectivity index (χ2n) is 3.82. The van der Waals surface area contributed by atoms with Gasteiger partial charge in [-0.3, -0.25) is 14.5 Å². The van der Waals surface area contributed by atoms with Crippen molar-refractivity contribution in [1.29, 1.82) is 0 Å². The van der Waals surface area contributed by atoms with E-state index in [0.717, 1.165) is 0 Å². The number of hydrogen-bond donors (Lipinski definition) is 0. The predicted molar refractivity (Wildman–Crippen MR) is 64.8 cm³/mol. The van der Waals surface area contributed by atoms with E-state index < -0.39 is 5.97 Å². The fourth-order valence-corrected chi connectivity index (χ4v) is 2.56. The number of Topliss-reactive ketones (excluding diaryl/α,β-unsaturated/α-hetero) is 1. The largest absolute Gasteiger partial charge is 0.461 e. The summed E-state index contributed by atoms with van der Waals surface area (Å²) in [7, 11) is 0. The third kappa shape index (κ3) is 2.26. The normalized spacial score (nSPS) is 15.3. The Balaban J connectivity index is 2.26. The van der Waals surface area contributed by atoms with Gasteiger partial charge in [0.25, 0.3) is 0 Å². The van der Waals surface area contributed by atoms with Gasteiger partial charge in [-0.2, -0.15) is 0 Å². The van der Waals surface area contributed by atoms with Crippen LogP contribution in [0.2, 0.25) is 0 Å². The van der Waals surface area contributed by atoms with Gasteiger partial charge in [0.2, 0.25) is 5.91 Å². The lowest BCUT2D eigenvalue weighted by Crippen LogP contribution is -2.24. The molecule has 2 rings (SSSR count). The molecule has 0 spiro atoms. The van der Waals surface area contributed by atoms with Crippen molar-refractivity contribution in [3.63, 3.8) is 0 Å². The minimum Gasteiger partial charge on any atom is -0.461 e. The van der Waals surface area contributed by atoms with Crippen LogP contribution in [0.25, 0.3) is 0 Å². The molecule has 0 radical (unpaired) electrons. The van der Waals surface area contributed by atoms with Crippen LogP contribution in [0.3, 0.4) is 0 Å². The summed E-state index contributed by atoms with van der Waals surface area (Å²) in [4.78, 5) is 40.4. The smallest absolute Gasteiger partial charge is 0.358 e. The van der Waals surface area contributed by atoms with Crippen LogP contribution in [0.5, 0.6) is 0 Å². The number of hydrogen-bond acceptors (Lipinski definition) is 6. The van der Waals surface area contributed by atoms with Gasteiger partial charge in [-0.1, -0.05) is 0 Å². The molecule has 1 saturated heterocycles. The van der Waals surface area contributed by atoms with E-state index in [9.17, 15) is 14.4 Å². The fourth-order valence-electron chi connectivity index (χ4n) is 1.65. The number of rotatable bonds is 3. The van der Waals surface area contributed by atoms with E-state index >= 15 is 0 Å². The molecule has 0 saturated carbocycles. The SMILES string of the molecule is CCOC(=O)c1nc(N2CC(=O)CC2=O)sc1C. The second kappa shape index (κ2) is 4.85. The average molecular weight is 268 g/mol. The molecule has 1 aromatic rings. The number of carbonyl (C=O) groups is 3. The lowest BCUT2D eigenvalue weighted by molar-refractivity contribution is -0.121. The van der Waals surface area contributed by atoms with Crippen molar-refractivity contribution in [1.82, 2.24) is 4.98 Å². The van der Waals surface area contributed by atoms with E-state index in [4.69, 9.17) is 4.74 Å². The summed E-state index contributed by atoms with van der Waals surface area (Å²) in [6.45, 7) is 3.75. The fraction of sp³-hybridized carbons (Fsp3) is 0.455. The van der Waals surface area contributed by atoms with Crippen molar-refractivity contribution >= 4 is 34.1 Å². The van der Waals surface area contributed by atoms with Crippen LogP contribution in [0, 0.1) is 6.92 Å². The topological polar surface area (TPSA) is 76.6 Å². The number of nitrogens with zero attached hydrogens (tertiary/aromatic N) is 2. The van der Waals surface area contributed by atoms with Crippen LogP contribution < -0.4 is 4.90 Å². The van der Waals surface area contributed by atoms with Gasteiger partial charge in [-0.05, 0) is 13.8 Å². The number of esters is 1. The van der Waals surface area contributed by atoms with Crippen LogP contribution >= 0.6 is 11.3 Å². The molecule has 0 aliphatic carbocycles. The molecule has 0 N–H and O–H groups in total. The van der Waals surface area contributed by atoms with E-state index in [0.29, 0.717) is 10.0 Å². The molecule has 7 heteroatoms. The Kier molecular flexibility index (Phi) is 3.42. The molecule has 1 aliphatic heterocycles. The minimum atomic E-state index is -0.504. The molecule has 1 fully saturated rings. The first-order valence-electron chi connectivity index (χ1n) is 5.49. The number of ketones is 1. The van der Waals surface area contributed by atoms with Crippen LogP contribution in [0.1, 0.15) is 28.7 Å². The van der Waals surface area contributed by atoms with Gasteiger partial charge in [0, 0.05) is 4.88 Å². The average Bonchev–Trinajstić information content (AvgIpc) is 2.82. The van der Waals surface area contributed by atoms with Crippen molar-refractivity contribution in [2.75, 3.05) is 18.1 Å². The van der Waals surface area contributed by atoms with Crippen molar-refractivity contribution in [2.45, 2.75) is 20.3 Å². The van der Waals surface area contributed by atoms with E-state index in [1.165, 1.54) is 16.2 Å². The van der Waals surface area contributed by atoms with Gasteiger partial charge in [-0.15, -0.1) is 11.3 Å². The number of ether oxygens (including phenoxy) is 1. The number of anilines is 1. The molecule has 0 bridgehead atoms. The number of thiazole rings is 1. The van der Waals surface area contributed by atoms with E-state index in [1.54, 1.807) is 13.8 Å². The van der Waals surface area contributed by atoms with E-state index in [1.807, 2.05) is 0 Å². The summed E-state index contributed by atoms with van der Waals surface area (Å²) in [6.07, 6.45) is -0.0899. The molecule has 6 nitrogen and oxygen atoms in total. The highest BCUT2D eigenvalue weighted by Gasteiger charge is 2.31. The Bertz CT molecular complexity index is 523. The van der Waals surface area contributed by atoms with Crippen LogP contribution in [0.4, 0.5) is 5.13 Å². The molecule has 1 aliphatic rings. The van der Waals surface area contributed by atoms with E-state index in [2.05, 4.69) is 4.98 Å². The zero-order valence-corrected chi connectivity index (χ0v) is 10.9. The molecule has 1 amide bonds. The van der Waals surface area contributed by atoms with Crippen LogP contribution in [0.15, 0.2) is 0 Å². The Hall–Kier alpha value is -1.76. The zero-order chi connectivity index (χ0) is 13.3. The summed E-state index contributed by atoms with van der Waals surface area (Å²) in [5.74, 6) is -0.912. The quantitative estimate of drug-likeness (QED) is 0.602. The molecular weight excluding hydrogens is 256 g/mol. The summed E-state index contributed by atoms with van der Waals surface area (Å²) < 4.78 is 4.87. The summed E-state index contributed by atoms with van der Waals surface area (Å²) in [5.41, 5.74) is 0.212. The maximum Gasteiger partial charge on any atom is 0.358 e. The second-order valence-corrected chi connectivity index (χ2v) is 5.00. The zero-order valence-electron chi connectivity index (χ0n) is 10.1. The number of aryl methyl sites for hydroxylation is 1. The first-order chi connectivity index (χ1) is 8.52. The maximum absolute atomic E-state index is 11.6. The van der Waals surface area contributed by atoms with Gasteiger partial charge in [0.1, 0.15) is 0 Å². The third-order valence-corrected chi connectivity index (χ3v) is 3.46. The number of carbonyl (C=O) groups excluding carboxylic acids is 3. The highest BCUT2D eigenvalue weighted by Crippen LogP contribution is 2.28. The number of amides is 1. The van der Waals surface area contributed by atoms with Crippen molar-refractivity contribution in [3.05, 3.63) is 10.6 Å². The maximum atomic E-state index is 11.6. The highest BCUT2D eigenvalue weighted by molar-refractivity contribution is 7.16. The van der Waals surface area contributed by atoms with Gasteiger partial charge < -0.3 is 4.74 Å². The Morgan fingerprint density at radius 2 is 2.22 bits per heavy atom. The Morgan fingerprint density at radius 3 is 2.78 bits per heavy atom. The molecule has 18 heavy (non-hydrogen) atoms. The van der Waals surface area contributed by atoms with Crippen molar-refractivity contribution in [2.24, 2.45) is 0 Å². The lowest BCUT2D eigenvalue weighted by Gasteiger charge is -2.08. The molecule has 0 unspecified atom stereocenters. The van der Waals surface area contributed by atoms with Crippen molar-refractivity contribution < 1.29 is 19.1 Å². The summed E-state index contributed by atoms with van der Waals surface area (Å²) in [6, 6.07) is 0. The molecule has 96 valence electrons. The number of aromatic nitrogens is 1. The minimum absolute atomic E-state index is 0.0358. The van der Waals surface area contributed by atoms with Crippen LogP contribution in [-0.4, -0.2) is 35.8 Å². The lowest BCUT2D eigenvalue weighted by atomic mass is 10.3. The Morgan fingerprint density at radius 1 is 1.50 bits per heavy atom. The van der Waals surface area contributed by atoms with Gasteiger partial charge >= 0.3 is 5.97 Å². The molecule has 2 heterocycles. The van der Waals surface area contributed by atoms with Gasteiger partial charge in [0.15, 0.2) is 16.6 Å². The molecule has 1 aromatic heterocycles. The van der Waals surface area contributed by atoms with Gasteiger partial charge in [0.05, 0.1) is 19.6 Å². The van der Waals surface area contributed by atoms with Gasteiger partial charge in [-0.25, -0.2) is 9.78 Å². The standard InChI is InChI=1S/C11H12N2O4S/c1-3-17-10(16)9-6(2)18-11(12-9)13-5-7(14)4-8(13)15/h3-5H2,1-2H3. The highest BCUT2D eigenvalue weighted by atomic mass is 32.1. The predicted octanol–water partition coefficient (Wildman–Crippen LogP) is 0.934. The molecule has 0 aromatic carbocycles. The summed E-state index contributed by atoms with van der Waals surface area (Å²) >= 11 is 1.21. The third-order valence-electron chi connectivity index (χ3n) is 2.47. The Labute approximate surface area is 108 Å². The molecular formula is C11H12N2O4S. The van der Waals surface area contributed by atoms with Crippen molar-refractivity contribution in [3.8, 4) is 0 Å². The summed E-state index contributed by atoms with van der Waals surface area (Å²) in [5, 5.41) is 0.381. The van der Waals surface area contributed by atoms with Crippen LogP contribution in [-0.2, 0) is 14.3 Å². The monoisotopic (exact) mass is 268 g/mol.